The Morgan fingerprint density at radius 3 is 2.43 bits per heavy atom. The maximum Gasteiger partial charge on any atom is 0.322 e. The zero-order valence-corrected chi connectivity index (χ0v) is 23.3. The first-order valence-electron chi connectivity index (χ1n) is 12.6. The van der Waals surface area contributed by atoms with Gasteiger partial charge in [0.1, 0.15) is 23.8 Å². The molecule has 5 rings (SSSR count). The molecule has 0 bridgehead atoms. The second-order valence-corrected chi connectivity index (χ2v) is 11.1. The predicted octanol–water partition coefficient (Wildman–Crippen LogP) is 4.36. The highest BCUT2D eigenvalue weighted by Crippen LogP contribution is 2.30. The van der Waals surface area contributed by atoms with Crippen molar-refractivity contribution in [1.82, 2.24) is 24.6 Å². The Hall–Kier alpha value is -4.95. The van der Waals surface area contributed by atoms with Crippen molar-refractivity contribution >= 4 is 44.6 Å². The molecule has 3 aromatic carbocycles. The Morgan fingerprint density at radius 2 is 1.74 bits per heavy atom. The molecule has 5 aromatic rings. The lowest BCUT2D eigenvalue weighted by Gasteiger charge is -2.21. The van der Waals surface area contributed by atoms with Gasteiger partial charge in [0.2, 0.25) is 0 Å². The smallest absolute Gasteiger partial charge is 0.322 e. The average Bonchev–Trinajstić information content (AvgIpc) is 3.37. The van der Waals surface area contributed by atoms with Crippen LogP contribution in [0.25, 0.3) is 22.2 Å². The number of nitrogens with zero attached hydrogens (tertiary/aromatic N) is 6. The Labute approximate surface area is 240 Å². The highest BCUT2D eigenvalue weighted by Gasteiger charge is 2.33. The molecular weight excluding hydrogens is 568 g/mol. The lowest BCUT2D eigenvalue weighted by molar-refractivity contribution is -0.128. The first-order chi connectivity index (χ1) is 20.2. The summed E-state index contributed by atoms with van der Waals surface area (Å²) in [6.45, 7) is 1.47. The summed E-state index contributed by atoms with van der Waals surface area (Å²) in [5, 5.41) is 8.56. The third kappa shape index (κ3) is 5.89. The number of carbonyl (C=O) groups excluding carboxylic acids is 1. The molecule has 216 valence electrons. The molecule has 0 saturated carbocycles. The summed E-state index contributed by atoms with van der Waals surface area (Å²) < 4.78 is 56.5. The van der Waals surface area contributed by atoms with Crippen molar-refractivity contribution in [3.63, 3.8) is 0 Å². The van der Waals surface area contributed by atoms with Gasteiger partial charge in [-0.25, -0.2) is 18.7 Å². The van der Waals surface area contributed by atoms with Crippen LogP contribution in [0.3, 0.4) is 0 Å². The minimum absolute atomic E-state index is 0.146. The van der Waals surface area contributed by atoms with E-state index in [-0.39, 0.29) is 16.6 Å². The molecule has 2 heterocycles. The molecule has 0 amide bonds. The molecule has 2 aromatic heterocycles. The van der Waals surface area contributed by atoms with E-state index in [1.165, 1.54) is 30.6 Å². The van der Waals surface area contributed by atoms with Gasteiger partial charge in [-0.1, -0.05) is 16.6 Å². The number of hydrogen-bond acceptors (Lipinski definition) is 9. The molecule has 0 saturated heterocycles. The van der Waals surface area contributed by atoms with E-state index in [1.54, 1.807) is 6.07 Å². The molecule has 14 heteroatoms. The quantitative estimate of drug-likeness (QED) is 0.176. The summed E-state index contributed by atoms with van der Waals surface area (Å²) >= 11 is 0. The molecule has 0 spiro atoms. The van der Waals surface area contributed by atoms with Crippen LogP contribution in [-0.4, -0.2) is 60.2 Å². The predicted molar refractivity (Wildman–Crippen MR) is 152 cm³/mol. The Kier molecular flexibility index (Phi) is 8.08. The molecular formula is C28H25F2N7O4S. The van der Waals surface area contributed by atoms with Gasteiger partial charge in [-0.15, -0.1) is 0 Å². The van der Waals surface area contributed by atoms with Crippen LogP contribution in [0.5, 0.6) is 0 Å². The third-order valence-electron chi connectivity index (χ3n) is 6.25. The number of halogens is 2. The zero-order valence-electron chi connectivity index (χ0n) is 22.5. The maximum atomic E-state index is 14.2. The summed E-state index contributed by atoms with van der Waals surface area (Å²) in [5.74, 6) is -2.20. The number of anilines is 3. The number of nitrogens with one attached hydrogen (secondary N) is 1. The number of rotatable bonds is 11. The van der Waals surface area contributed by atoms with Gasteiger partial charge in [-0.2, -0.15) is 13.5 Å². The molecule has 11 nitrogen and oxygen atoms in total. The van der Waals surface area contributed by atoms with Crippen LogP contribution >= 0.6 is 0 Å². The van der Waals surface area contributed by atoms with Gasteiger partial charge < -0.3 is 15.1 Å². The van der Waals surface area contributed by atoms with Crippen LogP contribution in [0, 0.1) is 11.6 Å². The first kappa shape index (κ1) is 28.6. The summed E-state index contributed by atoms with van der Waals surface area (Å²) in [5.41, 5.74) is 2.87. The van der Waals surface area contributed by atoms with Crippen molar-refractivity contribution in [2.45, 2.75) is 11.4 Å². The number of sulfonamides is 1. The van der Waals surface area contributed by atoms with E-state index in [0.29, 0.717) is 17.2 Å². The largest absolute Gasteiger partial charge is 0.340 e. The Morgan fingerprint density at radius 1 is 1.00 bits per heavy atom. The van der Waals surface area contributed by atoms with Crippen LogP contribution in [0.2, 0.25) is 0 Å². The lowest BCUT2D eigenvalue weighted by atomic mass is 10.1. The SMILES string of the molecule is CN(C)CCn1ncc2cc(-c3cc(Nc4ccc(N(OC=O)S(=O)(=O)c5c(F)cccc5F)cc4)ncn3)ccc21. The second kappa shape index (κ2) is 11.9. The van der Waals surface area contributed by atoms with Gasteiger partial charge in [0.25, 0.3) is 0 Å². The van der Waals surface area contributed by atoms with E-state index < -0.39 is 26.6 Å². The molecule has 42 heavy (non-hydrogen) atoms. The number of hydrogen-bond donors (Lipinski definition) is 1. The fourth-order valence-corrected chi connectivity index (χ4v) is 5.57. The van der Waals surface area contributed by atoms with Crippen molar-refractivity contribution in [2.24, 2.45) is 0 Å². The van der Waals surface area contributed by atoms with Crippen LogP contribution in [0.15, 0.2) is 84.1 Å². The lowest BCUT2D eigenvalue weighted by Crippen LogP contribution is -2.32. The standard InChI is InChI=1S/C28H25F2N7O4S/c1-35(2)12-13-36-26-11-6-19(14-20(26)16-33-36)25-15-27(32-17-31-25)34-21-7-9-22(10-8-21)37(41-18-38)42(39,40)28-23(29)4-3-5-24(28)30/h3-11,14-18H,12-13H2,1-2H3,(H,31,32,34). The number of benzene rings is 3. The molecule has 0 aliphatic rings. The highest BCUT2D eigenvalue weighted by atomic mass is 32.2. The fraction of sp³-hybridized carbons (Fsp3) is 0.143. The molecule has 1 N–H and O–H groups in total. The fourth-order valence-electron chi connectivity index (χ4n) is 4.22. The molecule has 0 aliphatic carbocycles. The van der Waals surface area contributed by atoms with E-state index >= 15 is 0 Å². The van der Waals surface area contributed by atoms with Crippen LogP contribution in [0.4, 0.5) is 26.0 Å². The van der Waals surface area contributed by atoms with Crippen molar-refractivity contribution in [3.05, 3.63) is 90.9 Å². The topological polar surface area (TPSA) is 123 Å². The first-order valence-corrected chi connectivity index (χ1v) is 14.0. The summed E-state index contributed by atoms with van der Waals surface area (Å²) in [6, 6.07) is 15.9. The molecule has 0 fully saturated rings. The maximum absolute atomic E-state index is 14.2. The zero-order chi connectivity index (χ0) is 29.9. The molecule has 0 unspecified atom stereocenters. The van der Waals surface area contributed by atoms with Crippen molar-refractivity contribution in [2.75, 3.05) is 30.4 Å². The Balaban J connectivity index is 1.36. The van der Waals surface area contributed by atoms with Crippen molar-refractivity contribution in [3.8, 4) is 11.3 Å². The summed E-state index contributed by atoms with van der Waals surface area (Å²) in [6.07, 6.45) is 3.22. The number of carbonyl (C=O) groups is 1. The van der Waals surface area contributed by atoms with E-state index in [0.717, 1.165) is 47.8 Å². The number of likely N-dealkylation sites (N-methyl/N-ethyl adjacent to an activating group) is 1. The average molecular weight is 594 g/mol. The van der Waals surface area contributed by atoms with Gasteiger partial charge in [-0.3, -0.25) is 9.48 Å². The summed E-state index contributed by atoms with van der Waals surface area (Å²) in [7, 11) is -0.905. The molecule has 0 radical (unpaired) electrons. The number of aromatic nitrogens is 4. The van der Waals surface area contributed by atoms with Gasteiger partial charge in [-0.05, 0) is 62.6 Å². The van der Waals surface area contributed by atoms with E-state index in [2.05, 4.69) is 30.1 Å². The minimum atomic E-state index is -4.93. The van der Waals surface area contributed by atoms with Crippen LogP contribution in [0.1, 0.15) is 0 Å². The molecule has 0 aliphatic heterocycles. The number of fused-ring (bicyclic) bond motifs is 1. The van der Waals surface area contributed by atoms with E-state index in [1.807, 2.05) is 43.2 Å². The van der Waals surface area contributed by atoms with E-state index in [9.17, 15) is 22.0 Å². The van der Waals surface area contributed by atoms with Crippen LogP contribution < -0.4 is 9.79 Å². The van der Waals surface area contributed by atoms with Gasteiger partial charge in [0.15, 0.2) is 4.90 Å². The minimum Gasteiger partial charge on any atom is -0.340 e. The van der Waals surface area contributed by atoms with Crippen molar-refractivity contribution in [1.29, 1.82) is 0 Å². The monoisotopic (exact) mass is 593 g/mol. The Bertz CT molecular complexity index is 1830. The second-order valence-electron chi connectivity index (χ2n) is 9.39. The summed E-state index contributed by atoms with van der Waals surface area (Å²) in [4.78, 5) is 25.2. The van der Waals surface area contributed by atoms with Crippen molar-refractivity contribution < 1.29 is 26.8 Å². The third-order valence-corrected chi connectivity index (χ3v) is 7.89. The normalized spacial score (nSPS) is 11.5. The van der Waals surface area contributed by atoms with Gasteiger partial charge in [0.05, 0.1) is 29.6 Å². The van der Waals surface area contributed by atoms with Gasteiger partial charge >= 0.3 is 16.5 Å². The highest BCUT2D eigenvalue weighted by molar-refractivity contribution is 7.92. The molecule has 0 atom stereocenters. The van der Waals surface area contributed by atoms with Crippen LogP contribution in [-0.2, 0) is 26.2 Å². The van der Waals surface area contributed by atoms with E-state index in [4.69, 9.17) is 0 Å². The van der Waals surface area contributed by atoms with Gasteiger partial charge in [0, 0.05) is 29.2 Å².